The zero-order valence-electron chi connectivity index (χ0n) is 6.59. The molecule has 1 rings (SSSR count). The average Bonchev–Trinajstić information content (AvgIpc) is 2.39. The quantitative estimate of drug-likeness (QED) is 0.530. The van der Waals surface area contributed by atoms with Crippen molar-refractivity contribution in [3.8, 4) is 0 Å². The van der Waals surface area contributed by atoms with Gasteiger partial charge in [-0.25, -0.2) is 0 Å². The van der Waals surface area contributed by atoms with Gasteiger partial charge in [-0.1, -0.05) is 0 Å². The van der Waals surface area contributed by atoms with Crippen molar-refractivity contribution in [3.05, 3.63) is 0 Å². The zero-order chi connectivity index (χ0) is 7.82. The summed E-state index contributed by atoms with van der Waals surface area (Å²) in [6, 6.07) is 0. The van der Waals surface area contributed by atoms with Crippen molar-refractivity contribution in [2.75, 3.05) is 27.3 Å². The van der Waals surface area contributed by atoms with Gasteiger partial charge >= 0.3 is 0 Å². The minimum Gasteiger partial charge on any atom is -0.388 e. The molecule has 0 amide bonds. The summed E-state index contributed by atoms with van der Waals surface area (Å²) in [4.78, 5) is 9.97. The molecular weight excluding hydrogens is 130 g/mol. The number of rotatable bonds is 1. The molecular formula is C7H15NO2. The molecule has 0 radical (unpaired) electrons. The van der Waals surface area contributed by atoms with Crippen molar-refractivity contribution < 1.29 is 9.53 Å². The predicted octanol–water partition coefficient (Wildman–Crippen LogP) is 0.0574. The van der Waals surface area contributed by atoms with E-state index < -0.39 is 0 Å². The van der Waals surface area contributed by atoms with Gasteiger partial charge in [-0.3, -0.25) is 0 Å². The van der Waals surface area contributed by atoms with E-state index in [1.54, 1.807) is 14.2 Å². The van der Waals surface area contributed by atoms with Crippen LogP contribution in [0.2, 0.25) is 0 Å². The molecule has 1 atom stereocenters. The van der Waals surface area contributed by atoms with E-state index >= 15 is 0 Å². The van der Waals surface area contributed by atoms with Crippen LogP contribution in [0.1, 0.15) is 6.42 Å². The van der Waals surface area contributed by atoms with Crippen molar-refractivity contribution in [1.29, 1.82) is 0 Å². The number of aldehydes is 1. The Bertz CT molecular complexity index is 79.7. The highest BCUT2D eigenvalue weighted by molar-refractivity contribution is 5.54. The highest BCUT2D eigenvalue weighted by Crippen LogP contribution is 2.01. The van der Waals surface area contributed by atoms with Crippen LogP contribution in [0.4, 0.5) is 0 Å². The van der Waals surface area contributed by atoms with Crippen LogP contribution in [0, 0.1) is 5.92 Å². The number of carbonyl (C=O) groups excluding carboxylic acids is 1. The molecule has 0 bridgehead atoms. The predicted molar refractivity (Wildman–Crippen MR) is 40.0 cm³/mol. The van der Waals surface area contributed by atoms with Crippen molar-refractivity contribution >= 4 is 6.29 Å². The van der Waals surface area contributed by atoms with Crippen LogP contribution in [0.5, 0.6) is 0 Å². The highest BCUT2D eigenvalue weighted by atomic mass is 16.4. The SMILES string of the molecule is COC.O=C[C@@H]1CCNC1. The van der Waals surface area contributed by atoms with Crippen LogP contribution in [0.25, 0.3) is 0 Å². The van der Waals surface area contributed by atoms with Gasteiger partial charge in [0.25, 0.3) is 0 Å². The first-order valence-corrected chi connectivity index (χ1v) is 3.41. The molecule has 3 nitrogen and oxygen atoms in total. The summed E-state index contributed by atoms with van der Waals surface area (Å²) in [5.41, 5.74) is 0. The maximum Gasteiger partial charge on any atom is 0.124 e. The molecule has 0 unspecified atom stereocenters. The van der Waals surface area contributed by atoms with Gasteiger partial charge < -0.3 is 14.8 Å². The summed E-state index contributed by atoms with van der Waals surface area (Å²) >= 11 is 0. The van der Waals surface area contributed by atoms with E-state index in [1.165, 1.54) is 0 Å². The Labute approximate surface area is 61.8 Å². The highest BCUT2D eigenvalue weighted by Gasteiger charge is 2.11. The number of methoxy groups -OCH3 is 1. The topological polar surface area (TPSA) is 38.3 Å². The summed E-state index contributed by atoms with van der Waals surface area (Å²) in [6.07, 6.45) is 2.06. The van der Waals surface area contributed by atoms with E-state index in [0.717, 1.165) is 25.8 Å². The molecule has 1 heterocycles. The van der Waals surface area contributed by atoms with Crippen molar-refractivity contribution in [1.82, 2.24) is 5.32 Å². The van der Waals surface area contributed by atoms with Gasteiger partial charge in [0, 0.05) is 26.7 Å². The van der Waals surface area contributed by atoms with Crippen LogP contribution in [0.3, 0.4) is 0 Å². The Morgan fingerprint density at radius 1 is 1.60 bits per heavy atom. The molecule has 60 valence electrons. The van der Waals surface area contributed by atoms with Crippen LogP contribution in [-0.4, -0.2) is 33.6 Å². The molecule has 1 saturated heterocycles. The normalized spacial score (nSPS) is 23.2. The van der Waals surface area contributed by atoms with Gasteiger partial charge in [0.15, 0.2) is 0 Å². The van der Waals surface area contributed by atoms with E-state index in [0.29, 0.717) is 5.92 Å². The van der Waals surface area contributed by atoms with Crippen molar-refractivity contribution in [2.24, 2.45) is 5.92 Å². The van der Waals surface area contributed by atoms with Crippen molar-refractivity contribution in [2.45, 2.75) is 6.42 Å². The molecule has 0 saturated carbocycles. The summed E-state index contributed by atoms with van der Waals surface area (Å²) in [5.74, 6) is 0.306. The minimum absolute atomic E-state index is 0.306. The van der Waals surface area contributed by atoms with Crippen molar-refractivity contribution in [3.63, 3.8) is 0 Å². The van der Waals surface area contributed by atoms with E-state index in [-0.39, 0.29) is 0 Å². The first-order valence-electron chi connectivity index (χ1n) is 3.41. The maximum atomic E-state index is 9.97. The summed E-state index contributed by atoms with van der Waals surface area (Å²) < 4.78 is 4.25. The fourth-order valence-corrected chi connectivity index (χ4v) is 0.793. The third kappa shape index (κ3) is 4.47. The number of hydrogen-bond acceptors (Lipinski definition) is 3. The molecule has 0 spiro atoms. The third-order valence-corrected chi connectivity index (χ3v) is 1.29. The molecule has 1 aliphatic heterocycles. The van der Waals surface area contributed by atoms with E-state index in [9.17, 15) is 4.79 Å². The van der Waals surface area contributed by atoms with Gasteiger partial charge in [0.2, 0.25) is 0 Å². The molecule has 10 heavy (non-hydrogen) atoms. The molecule has 1 N–H and O–H groups in total. The minimum atomic E-state index is 0.306. The largest absolute Gasteiger partial charge is 0.388 e. The van der Waals surface area contributed by atoms with Gasteiger partial charge in [-0.15, -0.1) is 0 Å². The Morgan fingerprint density at radius 3 is 2.40 bits per heavy atom. The fraction of sp³-hybridized carbons (Fsp3) is 0.857. The fourth-order valence-electron chi connectivity index (χ4n) is 0.793. The maximum absolute atomic E-state index is 9.97. The van der Waals surface area contributed by atoms with E-state index in [2.05, 4.69) is 10.1 Å². The second kappa shape index (κ2) is 6.71. The van der Waals surface area contributed by atoms with Gasteiger partial charge in [-0.2, -0.15) is 0 Å². The summed E-state index contributed by atoms with van der Waals surface area (Å²) in [5, 5.41) is 3.09. The van der Waals surface area contributed by atoms with Crippen LogP contribution in [0.15, 0.2) is 0 Å². The molecule has 0 aromatic rings. The Kier molecular flexibility index (Phi) is 6.43. The lowest BCUT2D eigenvalue weighted by Gasteiger charge is -1.89. The number of hydrogen-bond donors (Lipinski definition) is 1. The summed E-state index contributed by atoms with van der Waals surface area (Å²) in [7, 11) is 3.25. The first kappa shape index (κ1) is 9.59. The Hall–Kier alpha value is -0.410. The molecule has 0 aliphatic carbocycles. The monoisotopic (exact) mass is 145 g/mol. The summed E-state index contributed by atoms with van der Waals surface area (Å²) in [6.45, 7) is 1.91. The van der Waals surface area contributed by atoms with Crippen LogP contribution >= 0.6 is 0 Å². The molecule has 1 fully saturated rings. The number of nitrogens with one attached hydrogen (secondary N) is 1. The van der Waals surface area contributed by atoms with Gasteiger partial charge in [0.05, 0.1) is 0 Å². The van der Waals surface area contributed by atoms with E-state index in [4.69, 9.17) is 0 Å². The lowest BCUT2D eigenvalue weighted by Crippen LogP contribution is -2.09. The molecule has 0 aromatic heterocycles. The molecule has 3 heteroatoms. The molecule has 1 aliphatic rings. The zero-order valence-corrected chi connectivity index (χ0v) is 6.59. The smallest absolute Gasteiger partial charge is 0.124 e. The molecule has 0 aromatic carbocycles. The van der Waals surface area contributed by atoms with Crippen LogP contribution in [-0.2, 0) is 9.53 Å². The Balaban J connectivity index is 0.000000236. The lowest BCUT2D eigenvalue weighted by atomic mass is 10.2. The second-order valence-corrected chi connectivity index (χ2v) is 2.30. The lowest BCUT2D eigenvalue weighted by molar-refractivity contribution is -0.110. The number of carbonyl (C=O) groups is 1. The number of ether oxygens (including phenoxy) is 1. The van der Waals surface area contributed by atoms with E-state index in [1.807, 2.05) is 0 Å². The standard InChI is InChI=1S/C5H9NO.C2H6O/c7-4-5-1-2-6-3-5;1-3-2/h4-6H,1-3H2;1-2H3/t5-;/m1./s1. The van der Waals surface area contributed by atoms with Crippen LogP contribution < -0.4 is 5.32 Å². The first-order chi connectivity index (χ1) is 4.85. The Morgan fingerprint density at radius 2 is 2.20 bits per heavy atom. The third-order valence-electron chi connectivity index (χ3n) is 1.29. The second-order valence-electron chi connectivity index (χ2n) is 2.30. The average molecular weight is 145 g/mol. The van der Waals surface area contributed by atoms with Gasteiger partial charge in [0.1, 0.15) is 6.29 Å². The van der Waals surface area contributed by atoms with Gasteiger partial charge in [-0.05, 0) is 13.0 Å².